The first-order valence-corrected chi connectivity index (χ1v) is 13.4. The number of nitrogens with zero attached hydrogens (tertiary/aromatic N) is 2. The second-order valence-electron chi connectivity index (χ2n) is 8.84. The average molecular weight is 512 g/mol. The quantitative estimate of drug-likeness (QED) is 0.351. The lowest BCUT2D eigenvalue weighted by atomic mass is 9.95. The van der Waals surface area contributed by atoms with Gasteiger partial charge in [-0.3, -0.25) is 9.88 Å². The van der Waals surface area contributed by atoms with Crippen LogP contribution in [0.3, 0.4) is 0 Å². The molecule has 1 aromatic heterocycles. The number of nitrogens with one attached hydrogen (secondary N) is 1. The molecule has 0 bridgehead atoms. The fraction of sp³-hybridized carbons (Fsp3) is 0.333. The molecule has 2 aromatic carbocycles. The lowest BCUT2D eigenvalue weighted by Crippen LogP contribution is -2.31. The number of unbranched alkanes of at least 4 members (excludes halogenated alkanes) is 1. The summed E-state index contributed by atoms with van der Waals surface area (Å²) < 4.78 is 33.3. The molecule has 8 nitrogen and oxygen atoms in total. The van der Waals surface area contributed by atoms with E-state index >= 15 is 0 Å². The van der Waals surface area contributed by atoms with Gasteiger partial charge in [-0.1, -0.05) is 50.2 Å². The number of sulfonamides is 1. The van der Waals surface area contributed by atoms with E-state index in [4.69, 9.17) is 4.74 Å². The van der Waals surface area contributed by atoms with Crippen molar-refractivity contribution in [1.29, 1.82) is 0 Å². The second-order valence-corrected chi connectivity index (χ2v) is 10.6. The van der Waals surface area contributed by atoms with E-state index in [9.17, 15) is 18.3 Å². The number of pyridine rings is 1. The summed E-state index contributed by atoms with van der Waals surface area (Å²) in [4.78, 5) is 17.7. The molecule has 0 radical (unpaired) electrons. The number of ether oxygens (including phenoxy) is 1. The average Bonchev–Trinajstić information content (AvgIpc) is 2.88. The molecule has 2 N–H and O–H groups in total. The van der Waals surface area contributed by atoms with Crippen LogP contribution in [0, 0.1) is 5.92 Å². The fourth-order valence-electron chi connectivity index (χ4n) is 3.85. The van der Waals surface area contributed by atoms with Gasteiger partial charge in [0.05, 0.1) is 19.0 Å². The highest BCUT2D eigenvalue weighted by Crippen LogP contribution is 2.36. The number of phenolic OH excluding ortho intramolecular Hbond substituents is 1. The van der Waals surface area contributed by atoms with Crippen LogP contribution in [0.4, 0.5) is 10.5 Å². The number of aromatic nitrogens is 1. The Hall–Kier alpha value is -3.43. The van der Waals surface area contributed by atoms with Crippen LogP contribution in [0.1, 0.15) is 32.3 Å². The van der Waals surface area contributed by atoms with E-state index in [1.165, 1.54) is 18.1 Å². The Morgan fingerprint density at radius 2 is 1.83 bits per heavy atom. The number of hydrogen-bond acceptors (Lipinski definition) is 6. The molecule has 3 rings (SSSR count). The van der Waals surface area contributed by atoms with E-state index in [0.29, 0.717) is 37.1 Å². The molecule has 0 saturated heterocycles. The molecule has 0 fully saturated rings. The van der Waals surface area contributed by atoms with E-state index in [1.54, 1.807) is 30.6 Å². The predicted octanol–water partition coefficient (Wildman–Crippen LogP) is 4.98. The molecule has 0 aliphatic rings. The first-order valence-electron chi connectivity index (χ1n) is 11.9. The van der Waals surface area contributed by atoms with Gasteiger partial charge in [0.25, 0.3) is 0 Å². The van der Waals surface area contributed by atoms with Gasteiger partial charge in [-0.25, -0.2) is 17.9 Å². The predicted molar refractivity (Wildman–Crippen MR) is 140 cm³/mol. The number of methoxy groups -OCH3 is 1. The molecule has 1 heterocycles. The maximum Gasteiger partial charge on any atom is 0.414 e. The standard InChI is InChI=1S/C27H33N3O5S/c1-20(2)18-29-36(33,34)25-15-14-23(21-10-5-4-6-11-21)24(26(25)31)13-7-8-17-30(27(32)35-3)22-12-9-16-28-19-22/h4-6,9-12,14-16,19-20,29,31H,7-8,13,17-18H2,1-3H3. The summed E-state index contributed by atoms with van der Waals surface area (Å²) in [6.07, 6.45) is 4.36. The third kappa shape index (κ3) is 6.83. The minimum atomic E-state index is -3.88. The van der Waals surface area contributed by atoms with Crippen molar-refractivity contribution < 1.29 is 23.1 Å². The van der Waals surface area contributed by atoms with Crippen LogP contribution in [0.2, 0.25) is 0 Å². The molecule has 36 heavy (non-hydrogen) atoms. The summed E-state index contributed by atoms with van der Waals surface area (Å²) in [5, 5.41) is 11.1. The van der Waals surface area contributed by atoms with Crippen molar-refractivity contribution >= 4 is 21.8 Å². The van der Waals surface area contributed by atoms with Gasteiger partial charge in [0.2, 0.25) is 10.0 Å². The SMILES string of the molecule is COC(=O)N(CCCCc1c(-c2ccccc2)ccc(S(=O)(=O)NCC(C)C)c1O)c1cccnc1. The molecule has 1 amide bonds. The number of aromatic hydroxyl groups is 1. The van der Waals surface area contributed by atoms with Gasteiger partial charge in [-0.15, -0.1) is 0 Å². The van der Waals surface area contributed by atoms with E-state index < -0.39 is 16.1 Å². The largest absolute Gasteiger partial charge is 0.506 e. The van der Waals surface area contributed by atoms with Crippen molar-refractivity contribution in [3.63, 3.8) is 0 Å². The number of benzene rings is 2. The van der Waals surface area contributed by atoms with E-state index in [2.05, 4.69) is 9.71 Å². The van der Waals surface area contributed by atoms with Crippen LogP contribution < -0.4 is 9.62 Å². The van der Waals surface area contributed by atoms with Gasteiger partial charge < -0.3 is 9.84 Å². The van der Waals surface area contributed by atoms with E-state index in [-0.39, 0.29) is 23.1 Å². The third-order valence-electron chi connectivity index (χ3n) is 5.71. The number of phenols is 1. The van der Waals surface area contributed by atoms with Gasteiger partial charge in [-0.05, 0) is 54.5 Å². The summed E-state index contributed by atoms with van der Waals surface area (Å²) >= 11 is 0. The Bertz CT molecular complexity index is 1250. The van der Waals surface area contributed by atoms with Crippen molar-refractivity contribution in [3.05, 3.63) is 72.6 Å². The maximum atomic E-state index is 12.9. The van der Waals surface area contributed by atoms with Crippen LogP contribution in [0.5, 0.6) is 5.75 Å². The van der Waals surface area contributed by atoms with Crippen molar-refractivity contribution in [1.82, 2.24) is 9.71 Å². The summed E-state index contributed by atoms with van der Waals surface area (Å²) in [7, 11) is -2.55. The van der Waals surface area contributed by atoms with Crippen molar-refractivity contribution in [3.8, 4) is 16.9 Å². The van der Waals surface area contributed by atoms with Gasteiger partial charge in [0, 0.05) is 24.8 Å². The normalized spacial score (nSPS) is 11.4. The molecule has 0 saturated carbocycles. The smallest absolute Gasteiger partial charge is 0.414 e. The Labute approximate surface area is 213 Å². The summed E-state index contributed by atoms with van der Waals surface area (Å²) in [6.45, 7) is 4.48. The molecule has 0 unspecified atom stereocenters. The highest BCUT2D eigenvalue weighted by atomic mass is 32.2. The minimum absolute atomic E-state index is 0.127. The number of amides is 1. The Morgan fingerprint density at radius 1 is 1.08 bits per heavy atom. The summed E-state index contributed by atoms with van der Waals surface area (Å²) in [5.41, 5.74) is 2.84. The Balaban J connectivity index is 1.85. The fourth-order valence-corrected chi connectivity index (χ4v) is 5.18. The molecule has 0 spiro atoms. The van der Waals surface area contributed by atoms with Crippen molar-refractivity contribution in [2.24, 2.45) is 5.92 Å². The lowest BCUT2D eigenvalue weighted by Gasteiger charge is -2.21. The molecule has 0 aliphatic heterocycles. The summed E-state index contributed by atoms with van der Waals surface area (Å²) in [6, 6.07) is 16.2. The first-order chi connectivity index (χ1) is 17.2. The number of carbonyl (C=O) groups excluding carboxylic acids is 1. The highest BCUT2D eigenvalue weighted by Gasteiger charge is 2.23. The van der Waals surface area contributed by atoms with Crippen molar-refractivity contribution in [2.45, 2.75) is 38.0 Å². The second kappa shape index (κ2) is 12.5. The zero-order valence-corrected chi connectivity index (χ0v) is 21.7. The molecule has 9 heteroatoms. The minimum Gasteiger partial charge on any atom is -0.506 e. The van der Waals surface area contributed by atoms with Gasteiger partial charge in [-0.2, -0.15) is 0 Å². The molecule has 192 valence electrons. The lowest BCUT2D eigenvalue weighted by molar-refractivity contribution is 0.178. The number of hydrogen-bond donors (Lipinski definition) is 2. The molecular formula is C27H33N3O5S. The van der Waals surface area contributed by atoms with Gasteiger partial charge >= 0.3 is 6.09 Å². The zero-order chi connectivity index (χ0) is 26.1. The Morgan fingerprint density at radius 3 is 2.47 bits per heavy atom. The molecular weight excluding hydrogens is 478 g/mol. The molecule has 0 atom stereocenters. The van der Waals surface area contributed by atoms with Crippen LogP contribution in [-0.2, 0) is 21.2 Å². The van der Waals surface area contributed by atoms with Crippen LogP contribution in [0.25, 0.3) is 11.1 Å². The third-order valence-corrected chi connectivity index (χ3v) is 7.17. The first kappa shape index (κ1) is 27.2. The number of carbonyl (C=O) groups is 1. The van der Waals surface area contributed by atoms with E-state index in [0.717, 1.165) is 11.1 Å². The maximum absolute atomic E-state index is 12.9. The zero-order valence-electron chi connectivity index (χ0n) is 20.8. The van der Waals surface area contributed by atoms with Gasteiger partial charge in [0.15, 0.2) is 0 Å². The number of rotatable bonds is 11. The number of anilines is 1. The monoisotopic (exact) mass is 511 g/mol. The summed E-state index contributed by atoms with van der Waals surface area (Å²) in [5.74, 6) is -0.118. The highest BCUT2D eigenvalue weighted by molar-refractivity contribution is 7.89. The van der Waals surface area contributed by atoms with Crippen LogP contribution in [0.15, 0.2) is 71.9 Å². The van der Waals surface area contributed by atoms with E-state index in [1.807, 2.05) is 44.2 Å². The molecule has 0 aliphatic carbocycles. The van der Waals surface area contributed by atoms with Crippen LogP contribution >= 0.6 is 0 Å². The van der Waals surface area contributed by atoms with Crippen LogP contribution in [-0.4, -0.2) is 44.8 Å². The van der Waals surface area contributed by atoms with Gasteiger partial charge in [0.1, 0.15) is 10.6 Å². The Kier molecular flexibility index (Phi) is 9.44. The molecule has 3 aromatic rings. The topological polar surface area (TPSA) is 109 Å². The van der Waals surface area contributed by atoms with Crippen molar-refractivity contribution in [2.75, 3.05) is 25.1 Å².